The average molecular weight is 797 g/mol. The number of benzene rings is 8. The number of furan rings is 1. The Balaban J connectivity index is 0.874. The van der Waals surface area contributed by atoms with Crippen molar-refractivity contribution in [1.82, 2.24) is 9.88 Å². The molecule has 3 heterocycles. The second-order valence-corrected chi connectivity index (χ2v) is 16.1. The SMILES string of the molecule is C1=Cc2c(c3ccccc3n2-c2ccccc2-c2cccc3oc4cc(-c5cccc(-c6ccc(C7N=C(c8ccccc8)N=C(c8ccccc8)N7)cc6)c5)ccc4c23)CC1. The summed E-state index contributed by atoms with van der Waals surface area (Å²) >= 11 is 0. The lowest BCUT2D eigenvalue weighted by Gasteiger charge is -2.23. The van der Waals surface area contributed by atoms with Gasteiger partial charge in [-0.05, 0) is 94.3 Å². The number of aryl methyl sites for hydroxylation is 1. The Labute approximate surface area is 359 Å². The quantitative estimate of drug-likeness (QED) is 0.175. The topological polar surface area (TPSA) is 54.8 Å². The molecule has 2 aliphatic rings. The first-order chi connectivity index (χ1) is 30.7. The van der Waals surface area contributed by atoms with Crippen LogP contribution in [0.2, 0.25) is 0 Å². The average Bonchev–Trinajstić information content (AvgIpc) is 3.90. The maximum Gasteiger partial charge on any atom is 0.159 e. The number of para-hydroxylation sites is 2. The fourth-order valence-electron chi connectivity index (χ4n) is 9.39. The van der Waals surface area contributed by atoms with Crippen LogP contribution in [-0.4, -0.2) is 16.2 Å². The summed E-state index contributed by atoms with van der Waals surface area (Å²) in [6.45, 7) is 0. The molecule has 62 heavy (non-hydrogen) atoms. The van der Waals surface area contributed by atoms with Crippen LogP contribution in [0, 0.1) is 0 Å². The van der Waals surface area contributed by atoms with E-state index >= 15 is 0 Å². The summed E-state index contributed by atoms with van der Waals surface area (Å²) in [5.74, 6) is 1.53. The van der Waals surface area contributed by atoms with Gasteiger partial charge in [0.2, 0.25) is 0 Å². The molecule has 0 fully saturated rings. The number of amidine groups is 2. The molecule has 8 aromatic carbocycles. The lowest BCUT2D eigenvalue weighted by molar-refractivity contribution is 0.669. The van der Waals surface area contributed by atoms with E-state index in [2.05, 4.69) is 180 Å². The first-order valence-electron chi connectivity index (χ1n) is 21.3. The molecule has 0 bridgehead atoms. The minimum atomic E-state index is -0.279. The molecule has 0 amide bonds. The number of nitrogens with zero attached hydrogens (tertiary/aromatic N) is 3. The van der Waals surface area contributed by atoms with Gasteiger partial charge >= 0.3 is 0 Å². The third kappa shape index (κ3) is 6.17. The van der Waals surface area contributed by atoms with Crippen molar-refractivity contribution < 1.29 is 4.42 Å². The molecule has 1 N–H and O–H groups in total. The molecule has 10 aromatic rings. The van der Waals surface area contributed by atoms with Crippen molar-refractivity contribution in [1.29, 1.82) is 0 Å². The molecular weight excluding hydrogens is 757 g/mol. The van der Waals surface area contributed by atoms with Crippen LogP contribution in [0.1, 0.15) is 40.5 Å². The molecule has 5 heteroatoms. The first kappa shape index (κ1) is 35.9. The van der Waals surface area contributed by atoms with Gasteiger partial charge in [0.1, 0.15) is 23.2 Å². The van der Waals surface area contributed by atoms with Gasteiger partial charge in [-0.15, -0.1) is 0 Å². The van der Waals surface area contributed by atoms with Gasteiger partial charge in [-0.25, -0.2) is 9.98 Å². The second kappa shape index (κ2) is 14.9. The highest BCUT2D eigenvalue weighted by molar-refractivity contribution is 6.14. The molecule has 1 aliphatic heterocycles. The third-order valence-corrected chi connectivity index (χ3v) is 12.4. The molecule has 5 nitrogen and oxygen atoms in total. The van der Waals surface area contributed by atoms with Crippen molar-refractivity contribution in [2.75, 3.05) is 0 Å². The Kier molecular flexibility index (Phi) is 8.63. The van der Waals surface area contributed by atoms with Crippen molar-refractivity contribution in [3.05, 3.63) is 228 Å². The second-order valence-electron chi connectivity index (χ2n) is 16.1. The predicted octanol–water partition coefficient (Wildman–Crippen LogP) is 14.0. The molecule has 0 saturated heterocycles. The lowest BCUT2D eigenvalue weighted by Crippen LogP contribution is -2.33. The third-order valence-electron chi connectivity index (χ3n) is 12.4. The summed E-state index contributed by atoms with van der Waals surface area (Å²) in [6, 6.07) is 68.6. The van der Waals surface area contributed by atoms with E-state index in [9.17, 15) is 0 Å². The van der Waals surface area contributed by atoms with E-state index in [0.717, 1.165) is 85.1 Å². The van der Waals surface area contributed by atoms with Crippen molar-refractivity contribution in [3.63, 3.8) is 0 Å². The Hall–Kier alpha value is -8.02. The number of aromatic nitrogens is 1. The van der Waals surface area contributed by atoms with Gasteiger partial charge in [0, 0.05) is 38.5 Å². The van der Waals surface area contributed by atoms with E-state index < -0.39 is 0 Å². The molecule has 12 rings (SSSR count). The fourth-order valence-corrected chi connectivity index (χ4v) is 9.39. The van der Waals surface area contributed by atoms with E-state index in [-0.39, 0.29) is 6.17 Å². The highest BCUT2D eigenvalue weighted by Gasteiger charge is 2.23. The van der Waals surface area contributed by atoms with E-state index in [0.29, 0.717) is 5.84 Å². The molecule has 2 aromatic heterocycles. The fraction of sp³-hybridized carbons (Fsp3) is 0.0526. The molecular formula is C57H40N4O. The predicted molar refractivity (Wildman–Crippen MR) is 256 cm³/mol. The smallest absolute Gasteiger partial charge is 0.159 e. The molecule has 1 atom stereocenters. The van der Waals surface area contributed by atoms with Gasteiger partial charge in [0.25, 0.3) is 0 Å². The van der Waals surface area contributed by atoms with Crippen LogP contribution in [0.3, 0.4) is 0 Å². The van der Waals surface area contributed by atoms with Crippen LogP contribution in [0.4, 0.5) is 0 Å². The molecule has 1 unspecified atom stereocenters. The largest absolute Gasteiger partial charge is 0.456 e. The van der Waals surface area contributed by atoms with Gasteiger partial charge in [0.05, 0.1) is 11.2 Å². The van der Waals surface area contributed by atoms with Crippen LogP contribution >= 0.6 is 0 Å². The van der Waals surface area contributed by atoms with Gasteiger partial charge < -0.3 is 14.3 Å². The maximum atomic E-state index is 6.68. The number of allylic oxidation sites excluding steroid dienone is 1. The van der Waals surface area contributed by atoms with E-state index in [1.165, 1.54) is 33.4 Å². The number of nitrogens with one attached hydrogen (secondary N) is 1. The highest BCUT2D eigenvalue weighted by Crippen LogP contribution is 2.43. The molecule has 0 radical (unpaired) electrons. The van der Waals surface area contributed by atoms with Crippen LogP contribution in [0.15, 0.2) is 215 Å². The Morgan fingerprint density at radius 3 is 2.06 bits per heavy atom. The van der Waals surface area contributed by atoms with Crippen LogP contribution in [0.25, 0.3) is 78.0 Å². The summed E-state index contributed by atoms with van der Waals surface area (Å²) in [7, 11) is 0. The number of fused-ring (bicyclic) bond motifs is 6. The van der Waals surface area contributed by atoms with Gasteiger partial charge in [0.15, 0.2) is 5.84 Å². The van der Waals surface area contributed by atoms with E-state index in [4.69, 9.17) is 14.4 Å². The van der Waals surface area contributed by atoms with Crippen LogP contribution in [-0.2, 0) is 6.42 Å². The summed E-state index contributed by atoms with van der Waals surface area (Å²) < 4.78 is 9.14. The highest BCUT2D eigenvalue weighted by atomic mass is 16.3. The number of aliphatic imine (C=N–C) groups is 2. The van der Waals surface area contributed by atoms with E-state index in [1.807, 2.05) is 36.4 Å². The minimum Gasteiger partial charge on any atom is -0.456 e. The minimum absolute atomic E-state index is 0.279. The van der Waals surface area contributed by atoms with Gasteiger partial charge in [-0.2, -0.15) is 0 Å². The molecule has 0 saturated carbocycles. The van der Waals surface area contributed by atoms with Crippen molar-refractivity contribution in [3.8, 4) is 39.1 Å². The number of hydrogen-bond donors (Lipinski definition) is 1. The van der Waals surface area contributed by atoms with Crippen LogP contribution in [0.5, 0.6) is 0 Å². The Morgan fingerprint density at radius 2 is 1.21 bits per heavy atom. The van der Waals surface area contributed by atoms with Gasteiger partial charge in [-0.1, -0.05) is 164 Å². The zero-order valence-corrected chi connectivity index (χ0v) is 33.9. The van der Waals surface area contributed by atoms with Crippen molar-refractivity contribution in [2.24, 2.45) is 9.98 Å². The van der Waals surface area contributed by atoms with Crippen molar-refractivity contribution >= 4 is 50.6 Å². The summed E-state index contributed by atoms with van der Waals surface area (Å²) in [5, 5.41) is 7.16. The normalized spacial score (nSPS) is 14.7. The zero-order valence-electron chi connectivity index (χ0n) is 33.9. The molecule has 1 aliphatic carbocycles. The molecule has 294 valence electrons. The zero-order chi connectivity index (χ0) is 41.0. The first-order valence-corrected chi connectivity index (χ1v) is 21.3. The maximum absolute atomic E-state index is 6.68. The van der Waals surface area contributed by atoms with Crippen molar-refractivity contribution in [2.45, 2.75) is 19.0 Å². The Bertz CT molecular complexity index is 3430. The lowest BCUT2D eigenvalue weighted by atomic mass is 9.95. The number of hydrogen-bond acceptors (Lipinski definition) is 4. The van der Waals surface area contributed by atoms with E-state index in [1.54, 1.807) is 0 Å². The summed E-state index contributed by atoms with van der Waals surface area (Å²) in [5.41, 5.74) is 16.8. The monoisotopic (exact) mass is 796 g/mol. The van der Waals surface area contributed by atoms with Crippen LogP contribution < -0.4 is 5.32 Å². The summed E-state index contributed by atoms with van der Waals surface area (Å²) in [4.78, 5) is 10.00. The molecule has 0 spiro atoms. The Morgan fingerprint density at radius 1 is 0.532 bits per heavy atom. The standard InChI is InChI=1S/C57H40N4O/c1-3-15-38(16-4-1)55-58-56(39-17-5-2-6-18-39)60-57(59-55)40-31-29-37(30-32-40)41-19-13-20-42(35-41)43-33-34-48-53(36-43)62-52-28-14-24-47(54(48)52)46-23-9-12-27-51(46)61-49-25-10-7-21-44(49)45-22-8-11-26-50(45)61/h1-7,9-21,23-36,57H,8,22H2,(H,58,59,60). The summed E-state index contributed by atoms with van der Waals surface area (Å²) in [6.07, 6.45) is 6.45. The van der Waals surface area contributed by atoms with Gasteiger partial charge in [-0.3, -0.25) is 0 Å². The number of rotatable bonds is 7.